The van der Waals surface area contributed by atoms with Crippen LogP contribution in [-0.4, -0.2) is 5.91 Å². The number of amides is 1. The number of hydrogen-bond acceptors (Lipinski definition) is 2. The molecule has 0 radical (unpaired) electrons. The van der Waals surface area contributed by atoms with Crippen LogP contribution in [0.3, 0.4) is 0 Å². The standard InChI is InChI=1S/C21H14BrNOS/c22-16-10-6-9-15(13-16)21(24)23-19-17-11-4-5-12-18(17)25-20(19)14-7-2-1-3-8-14/h1-13H,(H,23,24). The van der Waals surface area contributed by atoms with Gasteiger partial charge in [0.05, 0.1) is 10.6 Å². The van der Waals surface area contributed by atoms with E-state index >= 15 is 0 Å². The number of anilines is 1. The fourth-order valence-corrected chi connectivity index (χ4v) is 4.34. The summed E-state index contributed by atoms with van der Waals surface area (Å²) in [6.07, 6.45) is 0. The minimum absolute atomic E-state index is 0.109. The molecule has 0 unspecified atom stereocenters. The Kier molecular flexibility index (Phi) is 4.38. The summed E-state index contributed by atoms with van der Waals surface area (Å²) in [5.41, 5.74) is 2.61. The number of thiophene rings is 1. The zero-order valence-corrected chi connectivity index (χ0v) is 15.6. The molecule has 4 heteroatoms. The summed E-state index contributed by atoms with van der Waals surface area (Å²) in [5, 5.41) is 4.19. The van der Waals surface area contributed by atoms with Crippen molar-refractivity contribution >= 4 is 48.9 Å². The predicted octanol–water partition coefficient (Wildman–Crippen LogP) is 6.58. The Morgan fingerprint density at radius 2 is 1.64 bits per heavy atom. The van der Waals surface area contributed by atoms with Crippen LogP contribution < -0.4 is 5.32 Å². The summed E-state index contributed by atoms with van der Waals surface area (Å²) in [5.74, 6) is -0.109. The first kappa shape index (κ1) is 16.1. The molecule has 4 rings (SSSR count). The Hall–Kier alpha value is -2.43. The molecule has 0 aliphatic carbocycles. The van der Waals surface area contributed by atoms with E-state index in [1.54, 1.807) is 11.3 Å². The van der Waals surface area contributed by atoms with Gasteiger partial charge in [0.1, 0.15) is 0 Å². The van der Waals surface area contributed by atoms with Crippen molar-refractivity contribution in [3.8, 4) is 10.4 Å². The largest absolute Gasteiger partial charge is 0.320 e. The third kappa shape index (κ3) is 3.23. The SMILES string of the molecule is O=C(Nc1c(-c2ccccc2)sc2ccccc12)c1cccc(Br)c1. The lowest BCUT2D eigenvalue weighted by atomic mass is 10.1. The second-order valence-electron chi connectivity index (χ2n) is 5.63. The van der Waals surface area contributed by atoms with E-state index in [0.29, 0.717) is 5.56 Å². The van der Waals surface area contributed by atoms with Crippen molar-refractivity contribution in [1.82, 2.24) is 0 Å². The molecule has 1 heterocycles. The molecule has 1 aromatic heterocycles. The highest BCUT2D eigenvalue weighted by Gasteiger charge is 2.16. The van der Waals surface area contributed by atoms with E-state index in [4.69, 9.17) is 0 Å². The number of rotatable bonds is 3. The van der Waals surface area contributed by atoms with Crippen LogP contribution in [0.1, 0.15) is 10.4 Å². The fraction of sp³-hybridized carbons (Fsp3) is 0. The number of carbonyl (C=O) groups excluding carboxylic acids is 1. The molecular formula is C21H14BrNOS. The van der Waals surface area contributed by atoms with Gasteiger partial charge in [-0.3, -0.25) is 4.79 Å². The van der Waals surface area contributed by atoms with Gasteiger partial charge in [-0.2, -0.15) is 0 Å². The van der Waals surface area contributed by atoms with Crippen LogP contribution in [0.15, 0.2) is 83.3 Å². The van der Waals surface area contributed by atoms with Gasteiger partial charge in [-0.25, -0.2) is 0 Å². The van der Waals surface area contributed by atoms with Gasteiger partial charge >= 0.3 is 0 Å². The average molecular weight is 408 g/mol. The molecule has 122 valence electrons. The number of carbonyl (C=O) groups is 1. The second-order valence-corrected chi connectivity index (χ2v) is 7.60. The Morgan fingerprint density at radius 3 is 2.44 bits per heavy atom. The maximum atomic E-state index is 12.8. The molecular weight excluding hydrogens is 394 g/mol. The van der Waals surface area contributed by atoms with E-state index in [1.165, 1.54) is 0 Å². The number of halogens is 1. The van der Waals surface area contributed by atoms with E-state index in [9.17, 15) is 4.79 Å². The van der Waals surface area contributed by atoms with Crippen molar-refractivity contribution in [2.24, 2.45) is 0 Å². The molecule has 2 nitrogen and oxygen atoms in total. The van der Waals surface area contributed by atoms with E-state index < -0.39 is 0 Å². The number of nitrogens with one attached hydrogen (secondary N) is 1. The third-order valence-corrected chi connectivity index (χ3v) is 5.67. The first-order chi connectivity index (χ1) is 12.2. The Balaban J connectivity index is 1.81. The summed E-state index contributed by atoms with van der Waals surface area (Å²) >= 11 is 5.11. The van der Waals surface area contributed by atoms with Crippen molar-refractivity contribution in [3.63, 3.8) is 0 Å². The highest BCUT2D eigenvalue weighted by atomic mass is 79.9. The number of benzene rings is 3. The summed E-state index contributed by atoms with van der Waals surface area (Å²) in [6.45, 7) is 0. The maximum Gasteiger partial charge on any atom is 0.255 e. The molecule has 1 N–H and O–H groups in total. The zero-order valence-electron chi connectivity index (χ0n) is 13.2. The van der Waals surface area contributed by atoms with Gasteiger partial charge in [0, 0.05) is 20.1 Å². The van der Waals surface area contributed by atoms with E-state index in [0.717, 1.165) is 30.7 Å². The van der Waals surface area contributed by atoms with Gasteiger partial charge in [0.2, 0.25) is 0 Å². The molecule has 4 aromatic rings. The minimum atomic E-state index is -0.109. The summed E-state index contributed by atoms with van der Waals surface area (Å²) in [4.78, 5) is 13.8. The summed E-state index contributed by atoms with van der Waals surface area (Å²) in [7, 11) is 0. The van der Waals surface area contributed by atoms with Crippen LogP contribution >= 0.6 is 27.3 Å². The normalized spacial score (nSPS) is 10.8. The van der Waals surface area contributed by atoms with Crippen molar-refractivity contribution < 1.29 is 4.79 Å². The molecule has 3 aromatic carbocycles. The first-order valence-corrected chi connectivity index (χ1v) is 9.47. The van der Waals surface area contributed by atoms with Crippen molar-refractivity contribution in [1.29, 1.82) is 0 Å². The van der Waals surface area contributed by atoms with Gasteiger partial charge in [-0.15, -0.1) is 11.3 Å². The Labute approximate surface area is 158 Å². The molecule has 1 amide bonds. The van der Waals surface area contributed by atoms with Gasteiger partial charge in [0.15, 0.2) is 0 Å². The van der Waals surface area contributed by atoms with E-state index in [1.807, 2.05) is 54.6 Å². The van der Waals surface area contributed by atoms with Gasteiger partial charge in [0.25, 0.3) is 5.91 Å². The third-order valence-electron chi connectivity index (χ3n) is 3.96. The topological polar surface area (TPSA) is 29.1 Å². The number of hydrogen-bond donors (Lipinski definition) is 1. The first-order valence-electron chi connectivity index (χ1n) is 7.86. The van der Waals surface area contributed by atoms with Crippen LogP contribution in [0.4, 0.5) is 5.69 Å². The smallest absolute Gasteiger partial charge is 0.255 e. The van der Waals surface area contributed by atoms with Crippen LogP contribution in [0.5, 0.6) is 0 Å². The van der Waals surface area contributed by atoms with Crippen LogP contribution in [-0.2, 0) is 0 Å². The van der Waals surface area contributed by atoms with Gasteiger partial charge < -0.3 is 5.32 Å². The Bertz CT molecular complexity index is 1060. The second kappa shape index (κ2) is 6.82. The van der Waals surface area contributed by atoms with Crippen LogP contribution in [0, 0.1) is 0 Å². The quantitative estimate of drug-likeness (QED) is 0.408. The molecule has 0 saturated carbocycles. The van der Waals surface area contributed by atoms with Crippen molar-refractivity contribution in [2.45, 2.75) is 0 Å². The Morgan fingerprint density at radius 1 is 0.880 bits per heavy atom. The molecule has 0 saturated heterocycles. The van der Waals surface area contributed by atoms with Crippen LogP contribution in [0.2, 0.25) is 0 Å². The van der Waals surface area contributed by atoms with Crippen molar-refractivity contribution in [2.75, 3.05) is 5.32 Å². The molecule has 0 aliphatic heterocycles. The molecule has 0 aliphatic rings. The average Bonchev–Trinajstić information content (AvgIpc) is 3.01. The van der Waals surface area contributed by atoms with E-state index in [-0.39, 0.29) is 5.91 Å². The summed E-state index contributed by atoms with van der Waals surface area (Å²) in [6, 6.07) is 25.7. The highest BCUT2D eigenvalue weighted by Crippen LogP contribution is 2.42. The number of fused-ring (bicyclic) bond motifs is 1. The molecule has 0 atom stereocenters. The lowest BCUT2D eigenvalue weighted by Gasteiger charge is -2.08. The lowest BCUT2D eigenvalue weighted by molar-refractivity contribution is 0.102. The van der Waals surface area contributed by atoms with Crippen LogP contribution in [0.25, 0.3) is 20.5 Å². The lowest BCUT2D eigenvalue weighted by Crippen LogP contribution is -2.12. The fourth-order valence-electron chi connectivity index (χ4n) is 2.78. The molecule has 0 fully saturated rings. The van der Waals surface area contributed by atoms with Gasteiger partial charge in [-0.1, -0.05) is 70.5 Å². The zero-order chi connectivity index (χ0) is 17.2. The molecule has 25 heavy (non-hydrogen) atoms. The van der Waals surface area contributed by atoms with Crippen molar-refractivity contribution in [3.05, 3.63) is 88.9 Å². The predicted molar refractivity (Wildman–Crippen MR) is 109 cm³/mol. The maximum absolute atomic E-state index is 12.8. The van der Waals surface area contributed by atoms with E-state index in [2.05, 4.69) is 45.5 Å². The van der Waals surface area contributed by atoms with Gasteiger partial charge in [-0.05, 0) is 29.8 Å². The monoisotopic (exact) mass is 407 g/mol. The molecule has 0 spiro atoms. The highest BCUT2D eigenvalue weighted by molar-refractivity contribution is 9.10. The molecule has 0 bridgehead atoms. The minimum Gasteiger partial charge on any atom is -0.320 e. The summed E-state index contributed by atoms with van der Waals surface area (Å²) < 4.78 is 2.05.